The van der Waals surface area contributed by atoms with Gasteiger partial charge in [0.1, 0.15) is 5.75 Å². The molecule has 1 aliphatic heterocycles. The van der Waals surface area contributed by atoms with Crippen molar-refractivity contribution in [2.75, 3.05) is 44.7 Å². The van der Waals surface area contributed by atoms with Crippen LogP contribution in [0.2, 0.25) is 0 Å². The smallest absolute Gasteiger partial charge is 0.406 e. The van der Waals surface area contributed by atoms with Crippen LogP contribution in [0.25, 0.3) is 0 Å². The largest absolute Gasteiger partial charge is 0.573 e. The third-order valence-corrected chi connectivity index (χ3v) is 4.90. The molecule has 3 rings (SSSR count). The Labute approximate surface area is 168 Å². The highest BCUT2D eigenvalue weighted by Crippen LogP contribution is 2.23. The van der Waals surface area contributed by atoms with Crippen LogP contribution in [0.15, 0.2) is 54.6 Å². The van der Waals surface area contributed by atoms with E-state index in [0.717, 1.165) is 37.4 Å². The predicted octanol–water partition coefficient (Wildman–Crippen LogP) is 3.37. The number of likely N-dealkylation sites (N-methyl/N-ethyl adjacent to an activating group) is 1. The van der Waals surface area contributed by atoms with Crippen LogP contribution >= 0.6 is 0 Å². The summed E-state index contributed by atoms with van der Waals surface area (Å²) in [7, 11) is 1.78. The molecule has 1 heterocycles. The number of para-hydroxylation sites is 1. The van der Waals surface area contributed by atoms with Gasteiger partial charge in [0.05, 0.1) is 6.54 Å². The molecule has 0 radical (unpaired) electrons. The van der Waals surface area contributed by atoms with Gasteiger partial charge in [-0.05, 0) is 29.8 Å². The highest BCUT2D eigenvalue weighted by atomic mass is 19.4. The topological polar surface area (TPSA) is 36.0 Å². The lowest BCUT2D eigenvalue weighted by molar-refractivity contribution is -0.274. The number of alkyl halides is 3. The van der Waals surface area contributed by atoms with Crippen molar-refractivity contribution in [2.24, 2.45) is 0 Å². The van der Waals surface area contributed by atoms with E-state index in [9.17, 15) is 18.0 Å². The number of nitrogens with zero attached hydrogens (tertiary/aromatic N) is 3. The van der Waals surface area contributed by atoms with Gasteiger partial charge in [0.2, 0.25) is 5.91 Å². The molecule has 2 aromatic carbocycles. The number of hydrogen-bond acceptors (Lipinski definition) is 4. The van der Waals surface area contributed by atoms with Crippen LogP contribution in [0.3, 0.4) is 0 Å². The van der Waals surface area contributed by atoms with Gasteiger partial charge in [-0.25, -0.2) is 0 Å². The summed E-state index contributed by atoms with van der Waals surface area (Å²) in [4.78, 5) is 18.5. The van der Waals surface area contributed by atoms with E-state index in [1.807, 2.05) is 30.3 Å². The van der Waals surface area contributed by atoms with E-state index in [0.29, 0.717) is 13.1 Å². The molecule has 0 unspecified atom stereocenters. The van der Waals surface area contributed by atoms with Gasteiger partial charge in [-0.15, -0.1) is 13.2 Å². The molecular weight excluding hydrogens is 383 g/mol. The summed E-state index contributed by atoms with van der Waals surface area (Å²) in [5.74, 6) is -0.169. The lowest BCUT2D eigenvalue weighted by atomic mass is 10.2. The SMILES string of the molecule is CN(C(=O)CN1CCN(Cc2ccc(OC(F)(F)F)cc2)CC1)c1ccccc1. The quantitative estimate of drug-likeness (QED) is 0.736. The Morgan fingerprint density at radius 3 is 2.14 bits per heavy atom. The molecule has 29 heavy (non-hydrogen) atoms. The van der Waals surface area contributed by atoms with E-state index in [1.54, 1.807) is 24.1 Å². The number of carbonyl (C=O) groups excluding carboxylic acids is 1. The van der Waals surface area contributed by atoms with E-state index >= 15 is 0 Å². The lowest BCUT2D eigenvalue weighted by Gasteiger charge is -2.35. The van der Waals surface area contributed by atoms with Crippen molar-refractivity contribution < 1.29 is 22.7 Å². The molecular formula is C21H24F3N3O2. The van der Waals surface area contributed by atoms with Gasteiger partial charge in [0, 0.05) is 45.5 Å². The third-order valence-electron chi connectivity index (χ3n) is 4.90. The molecule has 156 valence electrons. The first-order valence-electron chi connectivity index (χ1n) is 9.41. The molecule has 0 aromatic heterocycles. The zero-order valence-corrected chi connectivity index (χ0v) is 16.2. The Hall–Kier alpha value is -2.58. The number of rotatable bonds is 6. The number of benzene rings is 2. The van der Waals surface area contributed by atoms with E-state index in [-0.39, 0.29) is 11.7 Å². The summed E-state index contributed by atoms with van der Waals surface area (Å²) in [6.45, 7) is 4.14. The maximum absolute atomic E-state index is 12.5. The maximum atomic E-state index is 12.5. The summed E-state index contributed by atoms with van der Waals surface area (Å²) in [5.41, 5.74) is 1.79. The average Bonchev–Trinajstić information content (AvgIpc) is 2.70. The van der Waals surface area contributed by atoms with Crippen molar-refractivity contribution in [3.8, 4) is 5.75 Å². The van der Waals surface area contributed by atoms with Crippen molar-refractivity contribution in [3.63, 3.8) is 0 Å². The van der Waals surface area contributed by atoms with Crippen LogP contribution in [-0.4, -0.2) is 61.8 Å². The number of amides is 1. The fourth-order valence-corrected chi connectivity index (χ4v) is 3.25. The van der Waals surface area contributed by atoms with Crippen molar-refractivity contribution in [2.45, 2.75) is 12.9 Å². The fourth-order valence-electron chi connectivity index (χ4n) is 3.25. The van der Waals surface area contributed by atoms with Crippen LogP contribution in [-0.2, 0) is 11.3 Å². The van der Waals surface area contributed by atoms with Crippen LogP contribution in [0.4, 0.5) is 18.9 Å². The maximum Gasteiger partial charge on any atom is 0.573 e. The van der Waals surface area contributed by atoms with Gasteiger partial charge < -0.3 is 9.64 Å². The van der Waals surface area contributed by atoms with Crippen molar-refractivity contribution in [1.29, 1.82) is 0 Å². The first-order chi connectivity index (χ1) is 13.8. The number of carbonyl (C=O) groups is 1. The first-order valence-corrected chi connectivity index (χ1v) is 9.41. The fraction of sp³-hybridized carbons (Fsp3) is 0.381. The summed E-state index contributed by atoms with van der Waals surface area (Å²) < 4.78 is 40.6. The molecule has 0 spiro atoms. The van der Waals surface area contributed by atoms with Crippen molar-refractivity contribution >= 4 is 11.6 Å². The summed E-state index contributed by atoms with van der Waals surface area (Å²) in [5, 5.41) is 0. The zero-order valence-electron chi connectivity index (χ0n) is 16.2. The van der Waals surface area contributed by atoms with Crippen molar-refractivity contribution in [3.05, 3.63) is 60.2 Å². The summed E-state index contributed by atoms with van der Waals surface area (Å²) in [6.07, 6.45) is -4.68. The Morgan fingerprint density at radius 1 is 0.966 bits per heavy atom. The van der Waals surface area contributed by atoms with E-state index < -0.39 is 6.36 Å². The summed E-state index contributed by atoms with van der Waals surface area (Å²) >= 11 is 0. The number of piperazine rings is 1. The molecule has 2 aromatic rings. The molecule has 1 amide bonds. The van der Waals surface area contributed by atoms with Gasteiger partial charge in [-0.1, -0.05) is 30.3 Å². The molecule has 0 N–H and O–H groups in total. The second-order valence-corrected chi connectivity index (χ2v) is 7.03. The first kappa shape index (κ1) is 21.1. The van der Waals surface area contributed by atoms with E-state index in [4.69, 9.17) is 0 Å². The van der Waals surface area contributed by atoms with E-state index in [1.165, 1.54) is 12.1 Å². The Kier molecular flexibility index (Phi) is 6.76. The van der Waals surface area contributed by atoms with Crippen LogP contribution in [0, 0.1) is 0 Å². The number of ether oxygens (including phenoxy) is 1. The Morgan fingerprint density at radius 2 is 1.55 bits per heavy atom. The molecule has 0 bridgehead atoms. The average molecular weight is 407 g/mol. The highest BCUT2D eigenvalue weighted by Gasteiger charge is 2.31. The minimum absolute atomic E-state index is 0.0462. The number of halogens is 3. The van der Waals surface area contributed by atoms with Gasteiger partial charge in [0.15, 0.2) is 0 Å². The second-order valence-electron chi connectivity index (χ2n) is 7.03. The molecule has 0 saturated carbocycles. The lowest BCUT2D eigenvalue weighted by Crippen LogP contribution is -2.49. The monoisotopic (exact) mass is 407 g/mol. The Balaban J connectivity index is 1.44. The van der Waals surface area contributed by atoms with E-state index in [2.05, 4.69) is 14.5 Å². The molecule has 5 nitrogen and oxygen atoms in total. The minimum atomic E-state index is -4.68. The normalized spacial score (nSPS) is 15.9. The van der Waals surface area contributed by atoms with Gasteiger partial charge in [0.25, 0.3) is 0 Å². The van der Waals surface area contributed by atoms with Gasteiger partial charge in [-0.3, -0.25) is 14.6 Å². The van der Waals surface area contributed by atoms with Crippen LogP contribution in [0.1, 0.15) is 5.56 Å². The van der Waals surface area contributed by atoms with Gasteiger partial charge >= 0.3 is 6.36 Å². The van der Waals surface area contributed by atoms with Crippen molar-refractivity contribution in [1.82, 2.24) is 9.80 Å². The Bertz CT molecular complexity index is 789. The molecule has 1 saturated heterocycles. The van der Waals surface area contributed by atoms with Crippen LogP contribution < -0.4 is 9.64 Å². The highest BCUT2D eigenvalue weighted by molar-refractivity contribution is 5.94. The molecule has 1 fully saturated rings. The molecule has 8 heteroatoms. The third kappa shape index (κ3) is 6.47. The second kappa shape index (κ2) is 9.28. The summed E-state index contributed by atoms with van der Waals surface area (Å²) in [6, 6.07) is 15.5. The minimum Gasteiger partial charge on any atom is -0.406 e. The predicted molar refractivity (Wildman–Crippen MR) is 105 cm³/mol. The van der Waals surface area contributed by atoms with Crippen LogP contribution in [0.5, 0.6) is 5.75 Å². The van der Waals surface area contributed by atoms with Gasteiger partial charge in [-0.2, -0.15) is 0 Å². The molecule has 0 atom stereocenters. The number of hydrogen-bond donors (Lipinski definition) is 0. The number of anilines is 1. The zero-order chi connectivity index (χ0) is 20.9. The molecule has 1 aliphatic rings. The standard InChI is InChI=1S/C21H24F3N3O2/c1-25(18-5-3-2-4-6-18)20(28)16-27-13-11-26(12-14-27)15-17-7-9-19(10-8-17)29-21(22,23)24/h2-10H,11-16H2,1H3. The molecule has 0 aliphatic carbocycles.